The summed E-state index contributed by atoms with van der Waals surface area (Å²) in [6.07, 6.45) is 21.5. The molecule has 2 fully saturated rings. The molecule has 2 aromatic carbocycles. The maximum atomic E-state index is 12.0. The van der Waals surface area contributed by atoms with Crippen molar-refractivity contribution in [2.75, 3.05) is 0 Å². The van der Waals surface area contributed by atoms with E-state index in [2.05, 4.69) is 0 Å². The smallest absolute Gasteiger partial charge is 0.298 e. The van der Waals surface area contributed by atoms with Crippen LogP contribution in [-0.2, 0) is 21.9 Å². The Balaban J connectivity index is 0.000000437. The van der Waals surface area contributed by atoms with Crippen LogP contribution in [0.3, 0.4) is 0 Å². The van der Waals surface area contributed by atoms with Crippen molar-refractivity contribution in [1.29, 1.82) is 0 Å². The van der Waals surface area contributed by atoms with E-state index >= 15 is 0 Å². The molecule has 3 heteroatoms. The van der Waals surface area contributed by atoms with Crippen molar-refractivity contribution >= 4 is 18.1 Å². The van der Waals surface area contributed by atoms with E-state index in [4.69, 9.17) is 0 Å². The van der Waals surface area contributed by atoms with Crippen LogP contribution < -0.4 is 0 Å². The number of ketones is 1. The summed E-state index contributed by atoms with van der Waals surface area (Å²) in [5.74, 6) is 0.680. The fourth-order valence-corrected chi connectivity index (χ4v) is 2.74. The number of allylic oxidation sites excluding steroid dienone is 1. The SMILES string of the molecule is O=Cc1cccc(-c2cccc(/C=C/C(=O)[C]3[CH][CH][CH][CH]3)c2)c1.[CH]1[CH][CH][CH][CH]1.[Fe+2]. The van der Waals surface area contributed by atoms with E-state index in [1.807, 2.05) is 93.5 Å². The van der Waals surface area contributed by atoms with Crippen LogP contribution in [0.4, 0.5) is 0 Å². The predicted molar refractivity (Wildman–Crippen MR) is 113 cm³/mol. The molecule has 2 nitrogen and oxygen atoms in total. The molecule has 0 bridgehead atoms. The average Bonchev–Trinajstić information content (AvgIpc) is 3.49. The summed E-state index contributed by atoms with van der Waals surface area (Å²) < 4.78 is 0. The molecule has 4 rings (SSSR count). The van der Waals surface area contributed by atoms with E-state index in [1.54, 1.807) is 25.0 Å². The number of carbonyl (C=O) groups excluding carboxylic acids is 2. The van der Waals surface area contributed by atoms with Gasteiger partial charge in [-0.05, 0) is 92.7 Å². The fourth-order valence-electron chi connectivity index (χ4n) is 2.74. The molecule has 29 heavy (non-hydrogen) atoms. The Labute approximate surface area is 185 Å². The van der Waals surface area contributed by atoms with Crippen molar-refractivity contribution in [3.8, 4) is 11.1 Å². The van der Waals surface area contributed by atoms with Gasteiger partial charge in [0.1, 0.15) is 6.29 Å². The maximum Gasteiger partial charge on any atom is 2.00 e. The summed E-state index contributed by atoms with van der Waals surface area (Å²) in [5.41, 5.74) is 3.58. The van der Waals surface area contributed by atoms with Gasteiger partial charge < -0.3 is 0 Å². The van der Waals surface area contributed by atoms with E-state index < -0.39 is 0 Å². The first-order chi connectivity index (χ1) is 13.8. The molecule has 2 aliphatic rings. The normalized spacial score (nSPS) is 16.1. The summed E-state index contributed by atoms with van der Waals surface area (Å²) in [5, 5.41) is 0. The first-order valence-electron chi connectivity index (χ1n) is 9.03. The minimum Gasteiger partial charge on any atom is -0.298 e. The topological polar surface area (TPSA) is 34.1 Å². The Kier molecular flexibility index (Phi) is 10.1. The van der Waals surface area contributed by atoms with Crippen LogP contribution >= 0.6 is 0 Å². The van der Waals surface area contributed by atoms with E-state index in [0.29, 0.717) is 11.5 Å². The number of benzene rings is 2. The molecule has 0 amide bonds. The largest absolute Gasteiger partial charge is 2.00 e. The minimum absolute atomic E-state index is 0. The van der Waals surface area contributed by atoms with Crippen molar-refractivity contribution in [2.45, 2.75) is 0 Å². The summed E-state index contributed by atoms with van der Waals surface area (Å²) in [7, 11) is 0. The first-order valence-corrected chi connectivity index (χ1v) is 9.03. The van der Waals surface area contributed by atoms with Crippen LogP contribution in [0.2, 0.25) is 0 Å². The van der Waals surface area contributed by atoms with Crippen LogP contribution in [0.1, 0.15) is 15.9 Å². The third-order valence-electron chi connectivity index (χ3n) is 4.17. The molecule has 0 aromatic heterocycles. The van der Waals surface area contributed by atoms with E-state index in [0.717, 1.165) is 23.0 Å². The first kappa shape index (κ1) is 23.3. The molecule has 0 atom stereocenters. The zero-order valence-electron chi connectivity index (χ0n) is 15.7. The quantitative estimate of drug-likeness (QED) is 0.380. The molecule has 0 saturated heterocycles. The van der Waals surface area contributed by atoms with Gasteiger partial charge in [0.15, 0.2) is 5.78 Å². The van der Waals surface area contributed by atoms with Gasteiger partial charge in [0, 0.05) is 5.56 Å². The molecular formula is C26H20FeO2+2. The van der Waals surface area contributed by atoms with Gasteiger partial charge in [0.2, 0.25) is 0 Å². The van der Waals surface area contributed by atoms with E-state index in [1.165, 1.54) is 0 Å². The van der Waals surface area contributed by atoms with Gasteiger partial charge in [-0.2, -0.15) is 0 Å². The van der Waals surface area contributed by atoms with Crippen molar-refractivity contribution in [2.24, 2.45) is 0 Å². The van der Waals surface area contributed by atoms with Crippen LogP contribution in [0.5, 0.6) is 0 Å². The number of carbonyl (C=O) groups is 2. The number of hydrogen-bond acceptors (Lipinski definition) is 2. The fraction of sp³-hybridized carbons (Fsp3) is 0. The maximum absolute atomic E-state index is 12.0. The molecule has 0 N–H and O–H groups in total. The van der Waals surface area contributed by atoms with Crippen LogP contribution in [0, 0.1) is 63.7 Å². The Hall–Kier alpha value is -1.96. The summed E-state index contributed by atoms with van der Waals surface area (Å²) in [6.45, 7) is 0. The van der Waals surface area contributed by atoms with Gasteiger partial charge in [-0.25, -0.2) is 0 Å². The van der Waals surface area contributed by atoms with Gasteiger partial charge in [0.25, 0.3) is 0 Å². The second-order valence-corrected chi connectivity index (χ2v) is 6.20. The van der Waals surface area contributed by atoms with Gasteiger partial charge in [0.05, 0.1) is 5.92 Å². The molecule has 142 valence electrons. The molecule has 0 heterocycles. The second kappa shape index (κ2) is 12.6. The molecule has 2 aromatic rings. The summed E-state index contributed by atoms with van der Waals surface area (Å²) in [4.78, 5) is 22.9. The minimum atomic E-state index is -0.0108. The third kappa shape index (κ3) is 7.42. The predicted octanol–water partition coefficient (Wildman–Crippen LogP) is 5.17. The van der Waals surface area contributed by atoms with E-state index in [9.17, 15) is 9.59 Å². The van der Waals surface area contributed by atoms with Crippen molar-refractivity contribution in [1.82, 2.24) is 0 Å². The number of hydrogen-bond donors (Lipinski definition) is 0. The van der Waals surface area contributed by atoms with Gasteiger partial charge in [-0.15, -0.1) is 0 Å². The van der Waals surface area contributed by atoms with Crippen molar-refractivity contribution in [3.63, 3.8) is 0 Å². The summed E-state index contributed by atoms with van der Waals surface area (Å²) >= 11 is 0. The Morgan fingerprint density at radius 2 is 1.21 bits per heavy atom. The third-order valence-corrected chi connectivity index (χ3v) is 4.17. The molecule has 10 radical (unpaired) electrons. The average molecular weight is 420 g/mol. The van der Waals surface area contributed by atoms with E-state index in [-0.39, 0.29) is 22.9 Å². The van der Waals surface area contributed by atoms with Gasteiger partial charge in [-0.3, -0.25) is 9.59 Å². The van der Waals surface area contributed by atoms with Crippen molar-refractivity contribution < 1.29 is 26.7 Å². The molecule has 0 aliphatic heterocycles. The number of aldehydes is 1. The zero-order chi connectivity index (χ0) is 19.6. The van der Waals surface area contributed by atoms with Gasteiger partial charge in [-0.1, -0.05) is 42.5 Å². The molecule has 0 spiro atoms. The monoisotopic (exact) mass is 420 g/mol. The van der Waals surface area contributed by atoms with Crippen LogP contribution in [0.15, 0.2) is 54.6 Å². The molecule has 0 unspecified atom stereocenters. The van der Waals surface area contributed by atoms with Crippen molar-refractivity contribution in [3.05, 3.63) is 129 Å². The van der Waals surface area contributed by atoms with Crippen LogP contribution in [-0.4, -0.2) is 12.1 Å². The Morgan fingerprint density at radius 3 is 1.76 bits per heavy atom. The van der Waals surface area contributed by atoms with Gasteiger partial charge >= 0.3 is 17.1 Å². The standard InChI is InChI=1S/C21H15O2.C5H5.Fe/c22-15-17-6-4-10-20(14-17)19-9-3-5-16(13-19)11-12-21(23)18-7-1-2-8-18;1-2-4-5-3-1;/h1-15H;1-5H;/q;;+2/b12-11+;;. The van der Waals surface area contributed by atoms with Crippen LogP contribution in [0.25, 0.3) is 17.2 Å². The Morgan fingerprint density at radius 1 is 0.690 bits per heavy atom. The Bertz CT molecular complexity index is 807. The molecule has 2 saturated carbocycles. The zero-order valence-corrected chi connectivity index (χ0v) is 16.8. The molecular weight excluding hydrogens is 400 g/mol. The number of rotatable bonds is 5. The second-order valence-electron chi connectivity index (χ2n) is 6.20. The summed E-state index contributed by atoms with van der Waals surface area (Å²) in [6, 6.07) is 15.3. The molecule has 2 aliphatic carbocycles.